The van der Waals surface area contributed by atoms with E-state index in [4.69, 9.17) is 29.0 Å². The number of nitrogens with zero attached hydrogens (tertiary/aromatic N) is 4. The number of carbonyl (C=O) groups excluding carboxylic acids is 1. The molecule has 4 N–H and O–H groups in total. The van der Waals surface area contributed by atoms with E-state index >= 15 is 0 Å². The molecule has 0 amide bonds. The fraction of sp³-hybridized carbons (Fsp3) is 0.600. The van der Waals surface area contributed by atoms with Crippen LogP contribution in [0.3, 0.4) is 0 Å². The number of anilines is 1. The third-order valence-corrected chi connectivity index (χ3v) is 7.51. The maximum Gasteiger partial charge on any atom is 0.408 e. The Bertz CT molecular complexity index is 1210. The van der Waals surface area contributed by atoms with Gasteiger partial charge in [-0.15, -0.1) is 0 Å². The van der Waals surface area contributed by atoms with E-state index < -0.39 is 50.0 Å². The number of nitrogen functional groups attached to an aromatic ring is 1. The van der Waals surface area contributed by atoms with Crippen molar-refractivity contribution < 1.29 is 37.7 Å². The predicted octanol–water partition coefficient (Wildman–Crippen LogP) is 0.607. The van der Waals surface area contributed by atoms with Crippen molar-refractivity contribution in [2.24, 2.45) is 0 Å². The second-order valence-corrected chi connectivity index (χ2v) is 10.5. The minimum Gasteiger partial charge on any atom is -0.462 e. The molecule has 0 spiro atoms. The number of fused-ring (bicyclic) bond motifs is 2. The van der Waals surface area contributed by atoms with Crippen LogP contribution in [0.25, 0.3) is 5.52 Å². The van der Waals surface area contributed by atoms with Gasteiger partial charge in [-0.3, -0.25) is 13.8 Å². The summed E-state index contributed by atoms with van der Waals surface area (Å²) in [6.07, 6.45) is -1.30. The van der Waals surface area contributed by atoms with E-state index in [-0.39, 0.29) is 24.2 Å². The fourth-order valence-electron chi connectivity index (χ4n) is 4.18. The van der Waals surface area contributed by atoms with E-state index in [1.54, 1.807) is 26.0 Å². The van der Waals surface area contributed by atoms with E-state index in [9.17, 15) is 19.7 Å². The van der Waals surface area contributed by atoms with Gasteiger partial charge in [-0.05, 0) is 39.8 Å². The lowest BCUT2D eigenvalue weighted by atomic mass is 9.80. The smallest absolute Gasteiger partial charge is 0.408 e. The first-order chi connectivity index (χ1) is 16.4. The topological polar surface area (TPSA) is 193 Å². The summed E-state index contributed by atoms with van der Waals surface area (Å²) < 4.78 is 42.2. The Morgan fingerprint density at radius 2 is 2.17 bits per heavy atom. The van der Waals surface area contributed by atoms with Gasteiger partial charge in [0, 0.05) is 0 Å². The molecule has 0 saturated carbocycles. The Kier molecular flexibility index (Phi) is 6.62. The van der Waals surface area contributed by atoms with Gasteiger partial charge in [-0.1, -0.05) is 0 Å². The van der Waals surface area contributed by atoms with Crippen LogP contribution < -0.4 is 10.8 Å². The first-order valence-corrected chi connectivity index (χ1v) is 12.4. The van der Waals surface area contributed by atoms with E-state index in [1.165, 1.54) is 24.7 Å². The van der Waals surface area contributed by atoms with Crippen LogP contribution in [0.15, 0.2) is 18.5 Å². The molecule has 2 saturated heterocycles. The maximum atomic E-state index is 13.2. The number of nitriles is 1. The van der Waals surface area contributed by atoms with Gasteiger partial charge in [0.25, 0.3) is 0 Å². The van der Waals surface area contributed by atoms with Crippen molar-refractivity contribution in [3.63, 3.8) is 0 Å². The molecule has 2 aliphatic rings. The quantitative estimate of drug-likeness (QED) is 0.374. The highest BCUT2D eigenvalue weighted by Crippen LogP contribution is 2.52. The molecule has 2 aromatic heterocycles. The molecule has 2 fully saturated rings. The lowest BCUT2D eigenvalue weighted by Gasteiger charge is -2.35. The average molecular weight is 510 g/mol. The summed E-state index contributed by atoms with van der Waals surface area (Å²) in [7, 11) is -4.05. The Hall–Kier alpha value is -2.63. The number of aliphatic hydroxyl groups is 1. The minimum atomic E-state index is -4.05. The SMILES string of the molecule is CC(C)OC(=O)[C@H](C)NP1(=O)OCOC2C(CO1)O[C@@](C#N)(c1ccc3c(N)ncnn13)[C@@]2(C)O. The highest BCUT2D eigenvalue weighted by atomic mass is 31.2. The van der Waals surface area contributed by atoms with Gasteiger partial charge in [-0.2, -0.15) is 10.4 Å². The molecular weight excluding hydrogens is 483 g/mol. The molecule has 0 bridgehead atoms. The molecular formula is C20H27N6O8P. The zero-order valence-corrected chi connectivity index (χ0v) is 20.5. The Balaban J connectivity index is 1.60. The molecule has 3 unspecified atom stereocenters. The highest BCUT2D eigenvalue weighted by Gasteiger charge is 2.67. The van der Waals surface area contributed by atoms with Crippen LogP contribution in [0, 0.1) is 11.3 Å². The number of nitrogens with two attached hydrogens (primary N) is 1. The van der Waals surface area contributed by atoms with Gasteiger partial charge >= 0.3 is 13.7 Å². The summed E-state index contributed by atoms with van der Waals surface area (Å²) in [6.45, 7) is 5.23. The van der Waals surface area contributed by atoms with Crippen molar-refractivity contribution in [1.82, 2.24) is 19.7 Å². The fourth-order valence-corrected chi connectivity index (χ4v) is 5.52. The second kappa shape index (κ2) is 9.11. The van der Waals surface area contributed by atoms with Crippen molar-refractivity contribution >= 4 is 25.1 Å². The number of ether oxygens (including phenoxy) is 3. The van der Waals surface area contributed by atoms with Gasteiger partial charge in [0.15, 0.2) is 12.6 Å². The third-order valence-electron chi connectivity index (χ3n) is 5.87. The molecule has 2 aliphatic heterocycles. The first kappa shape index (κ1) is 25.5. The van der Waals surface area contributed by atoms with Crippen LogP contribution in [0.4, 0.5) is 5.82 Å². The van der Waals surface area contributed by atoms with E-state index in [2.05, 4.69) is 15.2 Å². The van der Waals surface area contributed by atoms with Crippen LogP contribution in [-0.4, -0.2) is 69.0 Å². The summed E-state index contributed by atoms with van der Waals surface area (Å²) in [5, 5.41) is 28.4. The van der Waals surface area contributed by atoms with Crippen LogP contribution in [0.5, 0.6) is 0 Å². The van der Waals surface area contributed by atoms with Crippen molar-refractivity contribution in [3.05, 3.63) is 24.2 Å². The summed E-state index contributed by atoms with van der Waals surface area (Å²) in [5.41, 5.74) is 2.63. The van der Waals surface area contributed by atoms with Crippen molar-refractivity contribution in [1.29, 1.82) is 5.26 Å². The van der Waals surface area contributed by atoms with Crippen LogP contribution in [-0.2, 0) is 38.2 Å². The Labute approximate surface area is 200 Å². The standard InChI is InChI=1S/C20H27N6O8P/c1-11(2)33-18(27)12(3)25-35(29)31-7-14-16(30-10-32-35)19(4,28)20(8-21,34-14)15-6-5-13-17(22)23-9-24-26(13)15/h5-6,9,11-12,14,16,28H,7,10H2,1-4H3,(H,25,29)(H2,22,23,24)/t12-,14?,16?,19-,20-,35?/m0/s1. The lowest BCUT2D eigenvalue weighted by Crippen LogP contribution is -2.53. The number of hydrogen-bond acceptors (Lipinski definition) is 12. The zero-order valence-electron chi connectivity index (χ0n) is 19.6. The second-order valence-electron chi connectivity index (χ2n) is 8.72. The van der Waals surface area contributed by atoms with Crippen molar-refractivity contribution in [3.8, 4) is 6.07 Å². The Morgan fingerprint density at radius 3 is 2.86 bits per heavy atom. The van der Waals surface area contributed by atoms with E-state index in [0.717, 1.165) is 0 Å². The molecule has 4 heterocycles. The number of carbonyl (C=O) groups is 1. The number of rotatable bonds is 5. The van der Waals surface area contributed by atoms with Crippen LogP contribution >= 0.6 is 7.75 Å². The number of nitrogens with one attached hydrogen (secondary N) is 1. The Morgan fingerprint density at radius 1 is 1.43 bits per heavy atom. The summed E-state index contributed by atoms with van der Waals surface area (Å²) in [4.78, 5) is 16.0. The molecule has 14 nitrogen and oxygen atoms in total. The molecule has 2 aromatic rings. The zero-order chi connectivity index (χ0) is 25.6. The molecule has 6 atom stereocenters. The molecule has 15 heteroatoms. The monoisotopic (exact) mass is 510 g/mol. The summed E-state index contributed by atoms with van der Waals surface area (Å²) >= 11 is 0. The van der Waals surface area contributed by atoms with Gasteiger partial charge < -0.3 is 25.1 Å². The average Bonchev–Trinajstić information content (AvgIpc) is 3.29. The van der Waals surface area contributed by atoms with Crippen molar-refractivity contribution in [2.75, 3.05) is 19.1 Å². The number of esters is 1. The first-order valence-electron chi connectivity index (χ1n) is 10.8. The number of hydrogen-bond donors (Lipinski definition) is 3. The normalized spacial score (nSPS) is 34.1. The van der Waals surface area contributed by atoms with Gasteiger partial charge in [0.1, 0.15) is 41.8 Å². The number of aromatic nitrogens is 3. The highest BCUT2D eigenvalue weighted by molar-refractivity contribution is 7.51. The van der Waals surface area contributed by atoms with Gasteiger partial charge in [0.2, 0.25) is 5.60 Å². The summed E-state index contributed by atoms with van der Waals surface area (Å²) in [5.74, 6) is -0.471. The van der Waals surface area contributed by atoms with Gasteiger partial charge in [0.05, 0.1) is 18.4 Å². The minimum absolute atomic E-state index is 0.174. The van der Waals surface area contributed by atoms with E-state index in [1.807, 2.05) is 6.07 Å². The molecule has 35 heavy (non-hydrogen) atoms. The van der Waals surface area contributed by atoms with Gasteiger partial charge in [-0.25, -0.2) is 19.2 Å². The predicted molar refractivity (Wildman–Crippen MR) is 118 cm³/mol. The molecule has 190 valence electrons. The molecule has 0 aliphatic carbocycles. The maximum absolute atomic E-state index is 13.2. The van der Waals surface area contributed by atoms with Crippen LogP contribution in [0.2, 0.25) is 0 Å². The summed E-state index contributed by atoms with van der Waals surface area (Å²) in [6, 6.07) is 4.18. The molecule has 0 radical (unpaired) electrons. The lowest BCUT2D eigenvalue weighted by molar-refractivity contribution is -0.151. The molecule has 0 aromatic carbocycles. The van der Waals surface area contributed by atoms with Crippen LogP contribution in [0.1, 0.15) is 33.4 Å². The third kappa shape index (κ3) is 4.30. The largest absolute Gasteiger partial charge is 0.462 e. The van der Waals surface area contributed by atoms with E-state index in [0.29, 0.717) is 5.52 Å². The molecule has 4 rings (SSSR count). The van der Waals surface area contributed by atoms with Crippen molar-refractivity contribution in [2.45, 2.75) is 63.3 Å².